The first-order valence-electron chi connectivity index (χ1n) is 5.39. The number of hydrogen-bond acceptors (Lipinski definition) is 6. The Kier molecular flexibility index (Phi) is 2.82. The maximum absolute atomic E-state index is 9.34. The van der Waals surface area contributed by atoms with Gasteiger partial charge in [0.15, 0.2) is 0 Å². The molecule has 6 nitrogen and oxygen atoms in total. The Morgan fingerprint density at radius 2 is 2.12 bits per heavy atom. The smallest absolute Gasteiger partial charge is 0.223 e. The lowest BCUT2D eigenvalue weighted by atomic mass is 9.77. The van der Waals surface area contributed by atoms with E-state index in [-0.39, 0.29) is 18.1 Å². The van der Waals surface area contributed by atoms with Crippen LogP contribution in [-0.4, -0.2) is 34.3 Å². The first kappa shape index (κ1) is 10.9. The Bertz CT molecular complexity index is 372. The SMILES string of the molecule is CNc1cc(NC2(CO)CCC2)nc(N)n1. The van der Waals surface area contributed by atoms with Crippen molar-refractivity contribution in [3.8, 4) is 0 Å². The topological polar surface area (TPSA) is 96.1 Å². The van der Waals surface area contributed by atoms with Crippen molar-refractivity contribution in [3.63, 3.8) is 0 Å². The molecule has 1 saturated carbocycles. The van der Waals surface area contributed by atoms with E-state index < -0.39 is 0 Å². The number of nitrogens with two attached hydrogens (primary N) is 1. The molecule has 1 heterocycles. The molecule has 1 aliphatic rings. The van der Waals surface area contributed by atoms with E-state index in [2.05, 4.69) is 20.6 Å². The number of anilines is 3. The van der Waals surface area contributed by atoms with Crippen LogP contribution >= 0.6 is 0 Å². The van der Waals surface area contributed by atoms with Gasteiger partial charge in [-0.25, -0.2) is 0 Å². The third kappa shape index (κ3) is 2.01. The number of rotatable bonds is 4. The molecule has 0 unspecified atom stereocenters. The van der Waals surface area contributed by atoms with Crippen molar-refractivity contribution in [2.24, 2.45) is 0 Å². The van der Waals surface area contributed by atoms with E-state index in [4.69, 9.17) is 5.73 Å². The van der Waals surface area contributed by atoms with Gasteiger partial charge < -0.3 is 21.5 Å². The summed E-state index contributed by atoms with van der Waals surface area (Å²) in [4.78, 5) is 8.11. The van der Waals surface area contributed by atoms with Crippen LogP contribution in [0.5, 0.6) is 0 Å². The molecule has 1 fully saturated rings. The van der Waals surface area contributed by atoms with Crippen LogP contribution in [0.25, 0.3) is 0 Å². The second kappa shape index (κ2) is 4.13. The summed E-state index contributed by atoms with van der Waals surface area (Å²) in [5, 5.41) is 15.5. The van der Waals surface area contributed by atoms with E-state index in [9.17, 15) is 5.11 Å². The zero-order chi connectivity index (χ0) is 11.6. The van der Waals surface area contributed by atoms with Gasteiger partial charge in [-0.1, -0.05) is 0 Å². The van der Waals surface area contributed by atoms with Crippen LogP contribution in [0, 0.1) is 0 Å². The fraction of sp³-hybridized carbons (Fsp3) is 0.600. The van der Waals surface area contributed by atoms with E-state index in [1.807, 2.05) is 0 Å². The molecule has 0 saturated heterocycles. The van der Waals surface area contributed by atoms with Crippen LogP contribution in [0.3, 0.4) is 0 Å². The Morgan fingerprint density at radius 1 is 1.44 bits per heavy atom. The van der Waals surface area contributed by atoms with Gasteiger partial charge in [-0.3, -0.25) is 0 Å². The molecular weight excluding hydrogens is 206 g/mol. The average molecular weight is 223 g/mol. The molecule has 0 amide bonds. The molecule has 2 rings (SSSR count). The van der Waals surface area contributed by atoms with Crippen LogP contribution in [0.1, 0.15) is 19.3 Å². The summed E-state index contributed by atoms with van der Waals surface area (Å²) in [6, 6.07) is 1.78. The number of nitrogen functional groups attached to an aromatic ring is 1. The van der Waals surface area contributed by atoms with E-state index >= 15 is 0 Å². The van der Waals surface area contributed by atoms with Gasteiger partial charge in [0, 0.05) is 13.1 Å². The Balaban J connectivity index is 2.17. The summed E-state index contributed by atoms with van der Waals surface area (Å²) in [6.45, 7) is 0.117. The molecule has 0 aromatic carbocycles. The molecule has 16 heavy (non-hydrogen) atoms. The van der Waals surface area contributed by atoms with E-state index in [1.165, 1.54) is 0 Å². The maximum Gasteiger partial charge on any atom is 0.223 e. The van der Waals surface area contributed by atoms with Crippen LogP contribution in [0.4, 0.5) is 17.6 Å². The first-order valence-corrected chi connectivity index (χ1v) is 5.39. The van der Waals surface area contributed by atoms with Gasteiger partial charge in [0.1, 0.15) is 11.6 Å². The number of nitrogens with zero attached hydrogens (tertiary/aromatic N) is 2. The molecule has 88 valence electrons. The number of aromatic nitrogens is 2. The predicted octanol–water partition coefficient (Wildman–Crippen LogP) is 0.427. The summed E-state index contributed by atoms with van der Waals surface area (Å²) in [5.74, 6) is 1.55. The van der Waals surface area contributed by atoms with Crippen molar-refractivity contribution in [2.75, 3.05) is 30.0 Å². The highest BCUT2D eigenvalue weighted by Gasteiger charge is 2.36. The van der Waals surface area contributed by atoms with E-state index in [0.717, 1.165) is 19.3 Å². The summed E-state index contributed by atoms with van der Waals surface area (Å²) < 4.78 is 0. The predicted molar refractivity (Wildman–Crippen MR) is 63.3 cm³/mol. The standard InChI is InChI=1S/C10H17N5O/c1-12-7-5-8(14-9(11)13-7)15-10(6-16)3-2-4-10/h5,16H,2-4,6H2,1H3,(H4,11,12,13,14,15). The van der Waals surface area contributed by atoms with Gasteiger partial charge in [-0.2, -0.15) is 9.97 Å². The van der Waals surface area contributed by atoms with Crippen molar-refractivity contribution in [2.45, 2.75) is 24.8 Å². The van der Waals surface area contributed by atoms with Crippen LogP contribution < -0.4 is 16.4 Å². The van der Waals surface area contributed by atoms with Crippen molar-refractivity contribution < 1.29 is 5.11 Å². The number of aliphatic hydroxyl groups is 1. The highest BCUT2D eigenvalue weighted by molar-refractivity contribution is 5.52. The fourth-order valence-electron chi connectivity index (χ4n) is 1.86. The van der Waals surface area contributed by atoms with Gasteiger partial charge in [-0.05, 0) is 19.3 Å². The van der Waals surface area contributed by atoms with Gasteiger partial charge in [-0.15, -0.1) is 0 Å². The minimum atomic E-state index is -0.216. The highest BCUT2D eigenvalue weighted by Crippen LogP contribution is 2.34. The maximum atomic E-state index is 9.34. The van der Waals surface area contributed by atoms with Gasteiger partial charge >= 0.3 is 0 Å². The molecule has 0 aliphatic heterocycles. The Morgan fingerprint density at radius 3 is 2.62 bits per heavy atom. The number of hydrogen-bond donors (Lipinski definition) is 4. The molecule has 0 atom stereocenters. The lowest BCUT2D eigenvalue weighted by molar-refractivity contribution is 0.144. The van der Waals surface area contributed by atoms with E-state index in [1.54, 1.807) is 13.1 Å². The lowest BCUT2D eigenvalue weighted by Gasteiger charge is -2.41. The van der Waals surface area contributed by atoms with Crippen LogP contribution in [0.2, 0.25) is 0 Å². The molecule has 5 N–H and O–H groups in total. The molecule has 6 heteroatoms. The second-order valence-corrected chi connectivity index (χ2v) is 4.16. The van der Waals surface area contributed by atoms with Crippen molar-refractivity contribution >= 4 is 17.6 Å². The van der Waals surface area contributed by atoms with Crippen molar-refractivity contribution in [3.05, 3.63) is 6.07 Å². The largest absolute Gasteiger partial charge is 0.394 e. The summed E-state index contributed by atoms with van der Waals surface area (Å²) in [5.41, 5.74) is 5.37. The molecular formula is C10H17N5O. The third-order valence-corrected chi connectivity index (χ3v) is 3.01. The van der Waals surface area contributed by atoms with Crippen molar-refractivity contribution in [1.29, 1.82) is 0 Å². The molecule has 1 aliphatic carbocycles. The molecule has 0 radical (unpaired) electrons. The van der Waals surface area contributed by atoms with Crippen molar-refractivity contribution in [1.82, 2.24) is 9.97 Å². The van der Waals surface area contributed by atoms with E-state index in [0.29, 0.717) is 11.6 Å². The third-order valence-electron chi connectivity index (χ3n) is 3.01. The second-order valence-electron chi connectivity index (χ2n) is 4.16. The lowest BCUT2D eigenvalue weighted by Crippen LogP contribution is -2.48. The molecule has 0 bridgehead atoms. The number of nitrogens with one attached hydrogen (secondary N) is 2. The Hall–Kier alpha value is -1.56. The molecule has 1 aromatic rings. The zero-order valence-corrected chi connectivity index (χ0v) is 9.32. The van der Waals surface area contributed by atoms with Crippen LogP contribution in [0.15, 0.2) is 6.07 Å². The minimum absolute atomic E-state index is 0.117. The van der Waals surface area contributed by atoms with Crippen LogP contribution in [-0.2, 0) is 0 Å². The summed E-state index contributed by atoms with van der Waals surface area (Å²) >= 11 is 0. The monoisotopic (exact) mass is 223 g/mol. The quantitative estimate of drug-likeness (QED) is 0.591. The highest BCUT2D eigenvalue weighted by atomic mass is 16.3. The average Bonchev–Trinajstić information content (AvgIpc) is 2.22. The summed E-state index contributed by atoms with van der Waals surface area (Å²) in [7, 11) is 1.77. The van der Waals surface area contributed by atoms with Gasteiger partial charge in [0.2, 0.25) is 5.95 Å². The summed E-state index contributed by atoms with van der Waals surface area (Å²) in [6.07, 6.45) is 3.05. The number of aliphatic hydroxyl groups excluding tert-OH is 1. The van der Waals surface area contributed by atoms with Gasteiger partial charge in [0.25, 0.3) is 0 Å². The fourth-order valence-corrected chi connectivity index (χ4v) is 1.86. The van der Waals surface area contributed by atoms with Gasteiger partial charge in [0.05, 0.1) is 12.1 Å². The molecule has 1 aromatic heterocycles. The normalized spacial score (nSPS) is 17.6. The minimum Gasteiger partial charge on any atom is -0.394 e. The zero-order valence-electron chi connectivity index (χ0n) is 9.32. The molecule has 0 spiro atoms. The Labute approximate surface area is 94.3 Å². The first-order chi connectivity index (χ1) is 7.67.